The van der Waals surface area contributed by atoms with E-state index in [1.807, 2.05) is 0 Å². The number of aliphatic hydroxyl groups is 1. The minimum Gasteiger partial charge on any atom is -0.428 e. The molecule has 0 spiro atoms. The fraction of sp³-hybridized carbons (Fsp3) is 0.600. The van der Waals surface area contributed by atoms with Gasteiger partial charge in [0.05, 0.1) is 0 Å². The first kappa shape index (κ1) is 22.8. The van der Waals surface area contributed by atoms with E-state index in [4.69, 9.17) is 5.11 Å². The Morgan fingerprint density at radius 3 is 2.08 bits per heavy atom. The van der Waals surface area contributed by atoms with Crippen LogP contribution in [0.25, 0.3) is 0 Å². The lowest BCUT2D eigenvalue weighted by Crippen LogP contribution is -2.51. The van der Waals surface area contributed by atoms with Crippen molar-refractivity contribution >= 4 is 12.4 Å². The number of nitrogens with one attached hydrogen (secondary N) is 1. The molecule has 4 nitrogen and oxygen atoms in total. The minimum absolute atomic E-state index is 0. The van der Waals surface area contributed by atoms with Gasteiger partial charge in [-0.1, -0.05) is 12.1 Å². The fourth-order valence-corrected chi connectivity index (χ4v) is 2.67. The fourth-order valence-electron chi connectivity index (χ4n) is 2.67. The van der Waals surface area contributed by atoms with Gasteiger partial charge in [0.2, 0.25) is 0 Å². The van der Waals surface area contributed by atoms with E-state index >= 15 is 0 Å². The Hall–Kier alpha value is -1.23. The molecule has 0 radical (unpaired) electrons. The topological polar surface area (TPSA) is 44.7 Å². The second-order valence-corrected chi connectivity index (χ2v) is 5.64. The molecule has 0 bridgehead atoms. The molecule has 1 fully saturated rings. The summed E-state index contributed by atoms with van der Waals surface area (Å²) in [7, 11) is 0. The first-order valence-corrected chi connectivity index (χ1v) is 7.56. The van der Waals surface area contributed by atoms with Gasteiger partial charge in [0.25, 0.3) is 5.92 Å². The molecule has 0 saturated carbocycles. The molecule has 0 aliphatic carbocycles. The molecule has 0 amide bonds. The Bertz CT molecular complexity index is 556. The van der Waals surface area contributed by atoms with Gasteiger partial charge >= 0.3 is 12.5 Å². The van der Waals surface area contributed by atoms with Gasteiger partial charge in [-0.3, -0.25) is 4.90 Å². The molecular weight excluding hydrogens is 390 g/mol. The molecule has 1 aromatic rings. The lowest BCUT2D eigenvalue weighted by Gasteiger charge is -2.38. The first-order chi connectivity index (χ1) is 11.7. The summed E-state index contributed by atoms with van der Waals surface area (Å²) in [6.45, 7) is 0.201. The van der Waals surface area contributed by atoms with Gasteiger partial charge in [-0.2, -0.15) is 17.6 Å². The normalized spacial score (nSPS) is 17.7. The largest absolute Gasteiger partial charge is 0.461 e. The molecule has 1 atom stereocenters. The highest BCUT2D eigenvalue weighted by atomic mass is 35.5. The summed E-state index contributed by atoms with van der Waals surface area (Å²) >= 11 is 0. The van der Waals surface area contributed by atoms with Gasteiger partial charge in [-0.25, -0.2) is 8.78 Å². The molecule has 150 valence electrons. The molecule has 1 aliphatic heterocycles. The number of ether oxygens (including phenoxy) is 1. The monoisotopic (exact) mass is 408 g/mol. The number of piperazine rings is 1. The molecule has 26 heavy (non-hydrogen) atoms. The van der Waals surface area contributed by atoms with Crippen LogP contribution in [0.4, 0.5) is 26.3 Å². The number of aliphatic hydroxyl groups excluding tert-OH is 1. The molecule has 1 aromatic carbocycles. The predicted molar refractivity (Wildman–Crippen MR) is 84.5 cm³/mol. The van der Waals surface area contributed by atoms with E-state index in [0.717, 1.165) is 24.3 Å². The molecule has 0 unspecified atom stereocenters. The summed E-state index contributed by atoms with van der Waals surface area (Å²) in [5.41, 5.74) is 0.0636. The molecule has 0 aromatic heterocycles. The Balaban J connectivity index is 0.00000338. The van der Waals surface area contributed by atoms with Crippen LogP contribution in [-0.2, 0) is 0 Å². The van der Waals surface area contributed by atoms with Crippen LogP contribution >= 0.6 is 12.4 Å². The van der Waals surface area contributed by atoms with E-state index < -0.39 is 36.9 Å². The average Bonchev–Trinajstić information content (AvgIpc) is 2.57. The van der Waals surface area contributed by atoms with E-state index in [1.54, 1.807) is 0 Å². The third kappa shape index (κ3) is 5.38. The van der Waals surface area contributed by atoms with Crippen molar-refractivity contribution in [3.8, 4) is 5.75 Å². The summed E-state index contributed by atoms with van der Waals surface area (Å²) in [5, 5.41) is 12.0. The zero-order valence-electron chi connectivity index (χ0n) is 13.5. The highest BCUT2D eigenvalue weighted by Crippen LogP contribution is 2.37. The zero-order chi connectivity index (χ0) is 18.7. The van der Waals surface area contributed by atoms with E-state index in [-0.39, 0.29) is 18.0 Å². The maximum absolute atomic E-state index is 14.2. The number of halogens is 7. The van der Waals surface area contributed by atoms with E-state index in [0.29, 0.717) is 26.2 Å². The Morgan fingerprint density at radius 1 is 1.08 bits per heavy atom. The Morgan fingerprint density at radius 2 is 1.62 bits per heavy atom. The summed E-state index contributed by atoms with van der Waals surface area (Å²) in [6.07, 6.45) is -8.69. The SMILES string of the molecule is Cl.OCC(F)(F)[C@H](c1ccc(OC(F)(F)C(F)F)cc1)N1CCNCC1. The van der Waals surface area contributed by atoms with Crippen molar-refractivity contribution < 1.29 is 36.2 Å². The lowest BCUT2D eigenvalue weighted by molar-refractivity contribution is -0.253. The maximum atomic E-state index is 14.2. The highest BCUT2D eigenvalue weighted by molar-refractivity contribution is 5.85. The molecule has 2 N–H and O–H groups in total. The van der Waals surface area contributed by atoms with E-state index in [9.17, 15) is 26.3 Å². The quantitative estimate of drug-likeness (QED) is 0.681. The van der Waals surface area contributed by atoms with Crippen molar-refractivity contribution in [2.24, 2.45) is 0 Å². The number of alkyl halides is 6. The molecule has 2 rings (SSSR count). The Labute approximate surface area is 152 Å². The maximum Gasteiger partial charge on any atom is 0.461 e. The van der Waals surface area contributed by atoms with Crippen LogP contribution < -0.4 is 10.1 Å². The van der Waals surface area contributed by atoms with Crippen molar-refractivity contribution in [3.63, 3.8) is 0 Å². The number of rotatable bonds is 7. The average molecular weight is 409 g/mol. The van der Waals surface area contributed by atoms with Crippen molar-refractivity contribution in [2.75, 3.05) is 32.8 Å². The second kappa shape index (κ2) is 9.12. The van der Waals surface area contributed by atoms with Crippen LogP contribution in [0.3, 0.4) is 0 Å². The third-order valence-electron chi connectivity index (χ3n) is 3.83. The smallest absolute Gasteiger partial charge is 0.428 e. The summed E-state index contributed by atoms with van der Waals surface area (Å²) in [5.74, 6) is -4.03. The Kier molecular flexibility index (Phi) is 8.00. The molecule has 1 heterocycles. The minimum atomic E-state index is -4.67. The number of nitrogens with zero attached hydrogens (tertiary/aromatic N) is 1. The summed E-state index contributed by atoms with van der Waals surface area (Å²) in [6, 6.07) is 2.59. The van der Waals surface area contributed by atoms with E-state index in [2.05, 4.69) is 10.1 Å². The van der Waals surface area contributed by atoms with Crippen molar-refractivity contribution in [3.05, 3.63) is 29.8 Å². The second-order valence-electron chi connectivity index (χ2n) is 5.64. The standard InChI is InChI=1S/C15H18F6N2O2.ClH/c16-13(17)15(20,21)25-11-3-1-10(2-4-11)12(14(18,19)9-24)23-7-5-22-6-8-23;/h1-4,12-13,22,24H,5-9H2;1H/t12-;/m0./s1. The lowest BCUT2D eigenvalue weighted by atomic mass is 9.98. The van der Waals surface area contributed by atoms with Crippen molar-refractivity contribution in [2.45, 2.75) is 24.5 Å². The van der Waals surface area contributed by atoms with Gasteiger partial charge < -0.3 is 15.2 Å². The first-order valence-electron chi connectivity index (χ1n) is 7.56. The number of hydrogen-bond acceptors (Lipinski definition) is 4. The van der Waals surface area contributed by atoms with E-state index in [1.165, 1.54) is 4.90 Å². The highest BCUT2D eigenvalue weighted by Gasteiger charge is 2.45. The van der Waals surface area contributed by atoms with Gasteiger partial charge in [-0.05, 0) is 17.7 Å². The molecule has 11 heteroatoms. The zero-order valence-corrected chi connectivity index (χ0v) is 14.3. The summed E-state index contributed by atoms with van der Waals surface area (Å²) < 4.78 is 82.4. The van der Waals surface area contributed by atoms with Crippen LogP contribution in [0.1, 0.15) is 11.6 Å². The van der Waals surface area contributed by atoms with Gasteiger partial charge in [0.1, 0.15) is 18.4 Å². The van der Waals surface area contributed by atoms with Gasteiger partial charge in [0.15, 0.2) is 0 Å². The van der Waals surface area contributed by atoms with Crippen molar-refractivity contribution in [1.29, 1.82) is 0 Å². The molecular formula is C15H19ClF6N2O2. The van der Waals surface area contributed by atoms with Gasteiger partial charge in [-0.15, -0.1) is 12.4 Å². The molecule has 1 saturated heterocycles. The summed E-state index contributed by atoms with van der Waals surface area (Å²) in [4.78, 5) is 1.47. The predicted octanol–water partition coefficient (Wildman–Crippen LogP) is 2.92. The molecule has 1 aliphatic rings. The van der Waals surface area contributed by atoms with Crippen LogP contribution in [-0.4, -0.2) is 61.2 Å². The van der Waals surface area contributed by atoms with Crippen LogP contribution in [0, 0.1) is 0 Å². The van der Waals surface area contributed by atoms with Crippen LogP contribution in [0.5, 0.6) is 5.75 Å². The van der Waals surface area contributed by atoms with Crippen LogP contribution in [0.2, 0.25) is 0 Å². The third-order valence-corrected chi connectivity index (χ3v) is 3.83. The van der Waals surface area contributed by atoms with Gasteiger partial charge in [0, 0.05) is 26.2 Å². The van der Waals surface area contributed by atoms with Crippen LogP contribution in [0.15, 0.2) is 24.3 Å². The number of benzene rings is 1. The van der Waals surface area contributed by atoms with Crippen molar-refractivity contribution in [1.82, 2.24) is 10.2 Å². The number of hydrogen-bond donors (Lipinski definition) is 2.